The summed E-state index contributed by atoms with van der Waals surface area (Å²) < 4.78 is 4.95. The van der Waals surface area contributed by atoms with Crippen LogP contribution in [0.5, 0.6) is 5.88 Å². The molecular formula is C12H12N2O2S. The van der Waals surface area contributed by atoms with Gasteiger partial charge in [0.05, 0.1) is 7.11 Å². The molecule has 2 rings (SSSR count). The predicted octanol–water partition coefficient (Wildman–Crippen LogP) is 2.36. The topological polar surface area (TPSA) is 52.1 Å². The second kappa shape index (κ2) is 5.54. The van der Waals surface area contributed by atoms with Crippen molar-refractivity contribution in [1.29, 1.82) is 0 Å². The Balaban J connectivity index is 1.99. The number of thiophene rings is 1. The van der Waals surface area contributed by atoms with Crippen molar-refractivity contribution in [2.75, 3.05) is 7.11 Å². The summed E-state index contributed by atoms with van der Waals surface area (Å²) >= 11 is 1.64. The molecule has 0 aliphatic rings. The van der Waals surface area contributed by atoms with Crippen LogP contribution in [0, 0.1) is 0 Å². The van der Waals surface area contributed by atoms with Gasteiger partial charge >= 0.3 is 0 Å². The number of hydrogen-bond donors (Lipinski definition) is 0. The van der Waals surface area contributed by atoms with Gasteiger partial charge < -0.3 is 4.74 Å². The van der Waals surface area contributed by atoms with Crippen LogP contribution >= 0.6 is 11.3 Å². The van der Waals surface area contributed by atoms with Crippen LogP contribution in [-0.4, -0.2) is 22.9 Å². The van der Waals surface area contributed by atoms with Crippen LogP contribution in [0.25, 0.3) is 0 Å². The lowest BCUT2D eigenvalue weighted by molar-refractivity contribution is 0.0977. The van der Waals surface area contributed by atoms with Gasteiger partial charge in [-0.2, -0.15) is 11.3 Å². The Kier molecular flexibility index (Phi) is 3.82. The van der Waals surface area contributed by atoms with Gasteiger partial charge in [-0.3, -0.25) is 4.79 Å². The fourth-order valence-corrected chi connectivity index (χ4v) is 2.13. The van der Waals surface area contributed by atoms with E-state index in [2.05, 4.69) is 9.97 Å². The molecule has 0 bridgehead atoms. The van der Waals surface area contributed by atoms with Gasteiger partial charge in [0, 0.05) is 12.5 Å². The van der Waals surface area contributed by atoms with Gasteiger partial charge in [0.2, 0.25) is 5.88 Å². The van der Waals surface area contributed by atoms with E-state index in [1.54, 1.807) is 17.4 Å². The fraction of sp³-hybridized carbons (Fsp3) is 0.250. The largest absolute Gasteiger partial charge is 0.481 e. The minimum Gasteiger partial charge on any atom is -0.481 e. The van der Waals surface area contributed by atoms with E-state index < -0.39 is 0 Å². The van der Waals surface area contributed by atoms with Gasteiger partial charge in [0.15, 0.2) is 5.78 Å². The minimum absolute atomic E-state index is 0.0110. The molecule has 88 valence electrons. The van der Waals surface area contributed by atoms with Gasteiger partial charge in [0.1, 0.15) is 12.0 Å². The molecule has 4 nitrogen and oxygen atoms in total. The third kappa shape index (κ3) is 3.10. The molecule has 2 aromatic rings. The number of carbonyl (C=O) groups is 1. The van der Waals surface area contributed by atoms with Crippen LogP contribution in [0.3, 0.4) is 0 Å². The lowest BCUT2D eigenvalue weighted by atomic mass is 10.1. The Bertz CT molecular complexity index is 497. The highest BCUT2D eigenvalue weighted by Crippen LogP contribution is 2.12. The number of Topliss-reactive ketones (excluding diaryl/α,β-unsaturated/α-hetero) is 1. The average molecular weight is 248 g/mol. The number of rotatable bonds is 5. The molecule has 0 saturated carbocycles. The monoisotopic (exact) mass is 248 g/mol. The molecule has 0 aromatic carbocycles. The molecular weight excluding hydrogens is 236 g/mol. The van der Waals surface area contributed by atoms with Crippen LogP contribution in [0.4, 0.5) is 0 Å². The Labute approximate surface area is 103 Å². The zero-order chi connectivity index (χ0) is 12.1. The van der Waals surface area contributed by atoms with Crippen LogP contribution in [-0.2, 0) is 6.42 Å². The maximum Gasteiger partial charge on any atom is 0.216 e. The maximum absolute atomic E-state index is 11.9. The molecule has 0 amide bonds. The molecule has 2 aromatic heterocycles. The lowest BCUT2D eigenvalue weighted by Crippen LogP contribution is -2.04. The summed E-state index contributed by atoms with van der Waals surface area (Å²) in [5.74, 6) is 0.427. The maximum atomic E-state index is 11.9. The standard InChI is InChI=1S/C12H12N2O2S/c1-16-12-6-10(13-8-14-12)11(15)3-2-9-4-5-17-7-9/h4-8H,2-3H2,1H3. The third-order valence-corrected chi connectivity index (χ3v) is 3.09. The SMILES string of the molecule is COc1cc(C(=O)CCc2ccsc2)ncn1. The van der Waals surface area contributed by atoms with E-state index >= 15 is 0 Å². The molecule has 0 radical (unpaired) electrons. The molecule has 0 N–H and O–H groups in total. The highest BCUT2D eigenvalue weighted by molar-refractivity contribution is 7.07. The summed E-state index contributed by atoms with van der Waals surface area (Å²) in [6, 6.07) is 3.59. The molecule has 17 heavy (non-hydrogen) atoms. The first-order valence-electron chi connectivity index (χ1n) is 5.20. The van der Waals surface area contributed by atoms with E-state index in [4.69, 9.17) is 4.74 Å². The minimum atomic E-state index is 0.0110. The van der Waals surface area contributed by atoms with Gasteiger partial charge in [-0.1, -0.05) is 0 Å². The highest BCUT2D eigenvalue weighted by atomic mass is 32.1. The van der Waals surface area contributed by atoms with Crippen molar-refractivity contribution < 1.29 is 9.53 Å². The number of aromatic nitrogens is 2. The smallest absolute Gasteiger partial charge is 0.216 e. The molecule has 2 heterocycles. The van der Waals surface area contributed by atoms with Crippen molar-refractivity contribution in [3.05, 3.63) is 40.5 Å². The Hall–Kier alpha value is -1.75. The molecule has 0 spiro atoms. The third-order valence-electron chi connectivity index (χ3n) is 2.36. The van der Waals surface area contributed by atoms with Crippen molar-refractivity contribution in [1.82, 2.24) is 9.97 Å². The van der Waals surface area contributed by atoms with Crippen molar-refractivity contribution >= 4 is 17.1 Å². The molecule has 0 unspecified atom stereocenters. The van der Waals surface area contributed by atoms with Gasteiger partial charge in [0.25, 0.3) is 0 Å². The fourth-order valence-electron chi connectivity index (χ4n) is 1.42. The van der Waals surface area contributed by atoms with Crippen LogP contribution in [0.2, 0.25) is 0 Å². The number of nitrogens with zero attached hydrogens (tertiary/aromatic N) is 2. The quantitative estimate of drug-likeness (QED) is 0.762. The van der Waals surface area contributed by atoms with Crippen LogP contribution in [0.15, 0.2) is 29.2 Å². The zero-order valence-electron chi connectivity index (χ0n) is 9.42. The number of methoxy groups -OCH3 is 1. The average Bonchev–Trinajstić information content (AvgIpc) is 2.89. The van der Waals surface area contributed by atoms with Crippen molar-refractivity contribution in [3.8, 4) is 5.88 Å². The Morgan fingerprint density at radius 1 is 1.47 bits per heavy atom. The highest BCUT2D eigenvalue weighted by Gasteiger charge is 2.09. The van der Waals surface area contributed by atoms with Gasteiger partial charge in [-0.15, -0.1) is 0 Å². The number of hydrogen-bond acceptors (Lipinski definition) is 5. The molecule has 5 heteroatoms. The molecule has 0 aliphatic carbocycles. The summed E-state index contributed by atoms with van der Waals surface area (Å²) in [6.45, 7) is 0. The first-order valence-corrected chi connectivity index (χ1v) is 6.14. The molecule has 0 atom stereocenters. The molecule has 0 aliphatic heterocycles. The van der Waals surface area contributed by atoms with E-state index in [-0.39, 0.29) is 5.78 Å². The van der Waals surface area contributed by atoms with E-state index in [1.807, 2.05) is 16.8 Å². The molecule has 0 saturated heterocycles. The first kappa shape index (κ1) is 11.7. The van der Waals surface area contributed by atoms with E-state index in [1.165, 1.54) is 19.0 Å². The van der Waals surface area contributed by atoms with Crippen LogP contribution < -0.4 is 4.74 Å². The van der Waals surface area contributed by atoms with Crippen LogP contribution in [0.1, 0.15) is 22.5 Å². The van der Waals surface area contributed by atoms with E-state index in [0.717, 1.165) is 6.42 Å². The summed E-state index contributed by atoms with van der Waals surface area (Å²) in [7, 11) is 1.52. The van der Waals surface area contributed by atoms with Crippen molar-refractivity contribution in [2.45, 2.75) is 12.8 Å². The van der Waals surface area contributed by atoms with Gasteiger partial charge in [-0.05, 0) is 28.8 Å². The number of ketones is 1. The summed E-state index contributed by atoms with van der Waals surface area (Å²) in [4.78, 5) is 19.7. The Morgan fingerprint density at radius 3 is 3.06 bits per heavy atom. The first-order chi connectivity index (χ1) is 8.29. The van der Waals surface area contributed by atoms with Gasteiger partial charge in [-0.25, -0.2) is 9.97 Å². The summed E-state index contributed by atoms with van der Waals surface area (Å²) in [5.41, 5.74) is 1.59. The lowest BCUT2D eigenvalue weighted by Gasteiger charge is -2.01. The predicted molar refractivity (Wildman–Crippen MR) is 65.6 cm³/mol. The number of aryl methyl sites for hydroxylation is 1. The Morgan fingerprint density at radius 2 is 2.35 bits per heavy atom. The number of ether oxygens (including phenoxy) is 1. The second-order valence-electron chi connectivity index (χ2n) is 3.50. The van der Waals surface area contributed by atoms with Crippen molar-refractivity contribution in [2.24, 2.45) is 0 Å². The zero-order valence-corrected chi connectivity index (χ0v) is 10.2. The summed E-state index contributed by atoms with van der Waals surface area (Å²) in [5, 5.41) is 4.06. The van der Waals surface area contributed by atoms with E-state index in [9.17, 15) is 4.79 Å². The van der Waals surface area contributed by atoms with Crippen molar-refractivity contribution in [3.63, 3.8) is 0 Å². The van der Waals surface area contributed by atoms with E-state index in [0.29, 0.717) is 18.0 Å². The number of carbonyl (C=O) groups excluding carboxylic acids is 1. The molecule has 0 fully saturated rings. The second-order valence-corrected chi connectivity index (χ2v) is 4.28. The normalized spacial score (nSPS) is 10.2. The summed E-state index contributed by atoms with van der Waals surface area (Å²) in [6.07, 6.45) is 2.54.